The van der Waals surface area contributed by atoms with E-state index in [2.05, 4.69) is 71.0 Å². The zero-order valence-corrected chi connectivity index (χ0v) is 23.0. The summed E-state index contributed by atoms with van der Waals surface area (Å²) in [6, 6.07) is 27.2. The standard InChI is InChI=1S/C33H35N2O3/c1-22-9-7-8-10-29(22)36-17-18-37-30-19-24(12-11-23(30)2)33-27-15-13-25(34(3)4)20-31(27)38-32-21-26(35(5)6)14-16-28(32)33/h7-16,19-21H,17-18H2,1-6H3/q+1. The predicted molar refractivity (Wildman–Crippen MR) is 157 cm³/mol. The highest BCUT2D eigenvalue weighted by atomic mass is 16.5. The van der Waals surface area contributed by atoms with E-state index in [-0.39, 0.29) is 0 Å². The van der Waals surface area contributed by atoms with Crippen LogP contribution < -0.4 is 24.3 Å². The number of benzene rings is 4. The molecule has 3 aromatic rings. The normalized spacial score (nSPS) is 11.1. The smallest absolute Gasteiger partial charge is 0.203 e. The van der Waals surface area contributed by atoms with Crippen molar-refractivity contribution in [3.05, 3.63) is 95.3 Å². The highest BCUT2D eigenvalue weighted by molar-refractivity contribution is 6.02. The third kappa shape index (κ3) is 5.10. The van der Waals surface area contributed by atoms with Crippen LogP contribution in [0.5, 0.6) is 11.5 Å². The summed E-state index contributed by atoms with van der Waals surface area (Å²) in [6.07, 6.45) is 0. The van der Waals surface area contributed by atoms with Gasteiger partial charge in [-0.2, -0.15) is 0 Å². The van der Waals surface area contributed by atoms with Crippen LogP contribution in [0.4, 0.5) is 5.69 Å². The van der Waals surface area contributed by atoms with Gasteiger partial charge in [-0.05, 0) is 60.9 Å². The van der Waals surface area contributed by atoms with Crippen molar-refractivity contribution < 1.29 is 13.9 Å². The molecule has 0 unspecified atom stereocenters. The van der Waals surface area contributed by atoms with E-state index in [0.717, 1.165) is 67.1 Å². The summed E-state index contributed by atoms with van der Waals surface area (Å²) in [7, 11) is 8.17. The minimum absolute atomic E-state index is 0.461. The molecule has 38 heavy (non-hydrogen) atoms. The van der Waals surface area contributed by atoms with Crippen LogP contribution in [0.2, 0.25) is 0 Å². The van der Waals surface area contributed by atoms with Gasteiger partial charge in [0.25, 0.3) is 0 Å². The number of nitrogens with zero attached hydrogens (tertiary/aromatic N) is 2. The molecule has 0 fully saturated rings. The summed E-state index contributed by atoms with van der Waals surface area (Å²) in [6.45, 7) is 5.06. The Hall–Kier alpha value is -4.25. The molecule has 194 valence electrons. The van der Waals surface area contributed by atoms with Crippen molar-refractivity contribution in [2.45, 2.75) is 13.8 Å². The van der Waals surface area contributed by atoms with Crippen molar-refractivity contribution in [1.82, 2.24) is 4.58 Å². The van der Waals surface area contributed by atoms with E-state index in [9.17, 15) is 0 Å². The van der Waals surface area contributed by atoms with Gasteiger partial charge in [-0.1, -0.05) is 30.3 Å². The van der Waals surface area contributed by atoms with Crippen LogP contribution >= 0.6 is 0 Å². The molecule has 1 aliphatic carbocycles. The molecule has 1 aliphatic heterocycles. The van der Waals surface area contributed by atoms with Crippen LogP contribution in [-0.4, -0.2) is 41.4 Å². The highest BCUT2D eigenvalue weighted by Crippen LogP contribution is 2.42. The lowest BCUT2D eigenvalue weighted by Crippen LogP contribution is -2.21. The van der Waals surface area contributed by atoms with Gasteiger partial charge in [-0.25, -0.2) is 4.58 Å². The molecule has 2 aliphatic rings. The summed E-state index contributed by atoms with van der Waals surface area (Å²) < 4.78 is 20.7. The van der Waals surface area contributed by atoms with Gasteiger partial charge in [-0.15, -0.1) is 0 Å². The van der Waals surface area contributed by atoms with Gasteiger partial charge in [0.15, 0.2) is 0 Å². The average Bonchev–Trinajstić information content (AvgIpc) is 2.91. The lowest BCUT2D eigenvalue weighted by molar-refractivity contribution is 0.215. The Morgan fingerprint density at radius 3 is 2.24 bits per heavy atom. The number of rotatable bonds is 7. The summed E-state index contributed by atoms with van der Waals surface area (Å²) in [5.74, 6) is 2.60. The quantitative estimate of drug-likeness (QED) is 0.146. The Labute approximate surface area is 224 Å². The Bertz CT molecular complexity index is 1640. The molecule has 0 N–H and O–H groups in total. The molecule has 0 saturated carbocycles. The Balaban J connectivity index is 1.55. The first-order valence-electron chi connectivity index (χ1n) is 12.9. The van der Waals surface area contributed by atoms with Gasteiger partial charge in [0.1, 0.15) is 50.2 Å². The maximum atomic E-state index is 6.47. The SMILES string of the molecule is Cc1ccccc1OCCOc1cc(-c2c3ccc(=[N+](C)C)cc-3oc3cc(N(C)C)ccc23)ccc1C. The number of fused-ring (bicyclic) bond motifs is 2. The van der Waals surface area contributed by atoms with E-state index >= 15 is 0 Å². The fourth-order valence-corrected chi connectivity index (χ4v) is 4.67. The maximum Gasteiger partial charge on any atom is 0.203 e. The van der Waals surface area contributed by atoms with Crippen molar-refractivity contribution in [2.24, 2.45) is 0 Å². The van der Waals surface area contributed by atoms with Crippen LogP contribution in [0.25, 0.3) is 33.4 Å². The summed E-state index contributed by atoms with van der Waals surface area (Å²) in [5.41, 5.74) is 7.45. The van der Waals surface area contributed by atoms with Crippen molar-refractivity contribution in [3.8, 4) is 33.9 Å². The molecule has 0 bridgehead atoms. The van der Waals surface area contributed by atoms with Gasteiger partial charge in [0.05, 0.1) is 6.07 Å². The summed E-state index contributed by atoms with van der Waals surface area (Å²) in [5, 5.41) is 2.16. The molecule has 5 rings (SSSR count). The van der Waals surface area contributed by atoms with Crippen molar-refractivity contribution in [2.75, 3.05) is 46.3 Å². The van der Waals surface area contributed by atoms with E-state index in [0.29, 0.717) is 13.2 Å². The number of ether oxygens (including phenoxy) is 2. The van der Waals surface area contributed by atoms with Gasteiger partial charge >= 0.3 is 0 Å². The minimum Gasteiger partial charge on any atom is -0.490 e. The molecule has 0 aromatic heterocycles. The number of para-hydroxylation sites is 1. The van der Waals surface area contributed by atoms with Crippen molar-refractivity contribution in [1.29, 1.82) is 0 Å². The topological polar surface area (TPSA) is 37.9 Å². The van der Waals surface area contributed by atoms with Crippen molar-refractivity contribution >= 4 is 16.7 Å². The molecule has 0 amide bonds. The Morgan fingerprint density at radius 1 is 0.763 bits per heavy atom. The van der Waals surface area contributed by atoms with E-state index < -0.39 is 0 Å². The lowest BCUT2D eigenvalue weighted by Gasteiger charge is -2.19. The lowest BCUT2D eigenvalue weighted by atomic mass is 9.93. The molecule has 0 spiro atoms. The number of aryl methyl sites for hydroxylation is 2. The molecule has 3 aromatic carbocycles. The van der Waals surface area contributed by atoms with Crippen LogP contribution in [0.3, 0.4) is 0 Å². The molecule has 5 heteroatoms. The first-order chi connectivity index (χ1) is 18.3. The number of hydrogen-bond acceptors (Lipinski definition) is 4. The first kappa shape index (κ1) is 25.4. The Kier molecular flexibility index (Phi) is 7.10. The van der Waals surface area contributed by atoms with E-state index in [1.807, 2.05) is 59.4 Å². The first-order valence-corrected chi connectivity index (χ1v) is 12.9. The number of hydrogen-bond donors (Lipinski definition) is 0. The van der Waals surface area contributed by atoms with Crippen LogP contribution in [0.1, 0.15) is 11.1 Å². The molecule has 0 atom stereocenters. The summed E-state index contributed by atoms with van der Waals surface area (Å²) in [4.78, 5) is 2.09. The molecule has 0 saturated heterocycles. The third-order valence-electron chi connectivity index (χ3n) is 6.89. The highest BCUT2D eigenvalue weighted by Gasteiger charge is 2.19. The second-order valence-electron chi connectivity index (χ2n) is 10.1. The minimum atomic E-state index is 0.461. The molecular weight excluding hydrogens is 472 g/mol. The molecule has 1 heterocycles. The van der Waals surface area contributed by atoms with Crippen LogP contribution in [-0.2, 0) is 0 Å². The second kappa shape index (κ2) is 10.6. The monoisotopic (exact) mass is 507 g/mol. The fourth-order valence-electron chi connectivity index (χ4n) is 4.67. The molecular formula is C33H35N2O3+. The van der Waals surface area contributed by atoms with Gasteiger partial charge in [-0.3, -0.25) is 0 Å². The largest absolute Gasteiger partial charge is 0.490 e. The van der Waals surface area contributed by atoms with Gasteiger partial charge in [0.2, 0.25) is 5.36 Å². The summed E-state index contributed by atoms with van der Waals surface area (Å²) >= 11 is 0. The maximum absolute atomic E-state index is 6.47. The van der Waals surface area contributed by atoms with Gasteiger partial charge in [0, 0.05) is 48.4 Å². The second-order valence-corrected chi connectivity index (χ2v) is 10.1. The van der Waals surface area contributed by atoms with Gasteiger partial charge < -0.3 is 18.8 Å². The van der Waals surface area contributed by atoms with E-state index in [4.69, 9.17) is 13.9 Å². The number of anilines is 1. The van der Waals surface area contributed by atoms with E-state index in [1.165, 1.54) is 0 Å². The average molecular weight is 508 g/mol. The van der Waals surface area contributed by atoms with E-state index in [1.54, 1.807) is 0 Å². The molecule has 5 nitrogen and oxygen atoms in total. The Morgan fingerprint density at radius 2 is 1.50 bits per heavy atom. The van der Waals surface area contributed by atoms with Crippen LogP contribution in [0, 0.1) is 13.8 Å². The predicted octanol–water partition coefficient (Wildman–Crippen LogP) is 6.38. The zero-order valence-electron chi connectivity index (χ0n) is 23.0. The zero-order chi connectivity index (χ0) is 26.8. The van der Waals surface area contributed by atoms with Crippen molar-refractivity contribution in [3.63, 3.8) is 0 Å². The van der Waals surface area contributed by atoms with Crippen LogP contribution in [0.15, 0.2) is 83.3 Å². The molecule has 0 radical (unpaired) electrons. The fraction of sp³-hybridized carbons (Fsp3) is 0.242. The third-order valence-corrected chi connectivity index (χ3v) is 6.89.